The van der Waals surface area contributed by atoms with Crippen LogP contribution in [-0.4, -0.2) is 64.5 Å². The third-order valence-electron chi connectivity index (χ3n) is 1.79. The lowest BCUT2D eigenvalue weighted by molar-refractivity contribution is -0.0535. The lowest BCUT2D eigenvalue weighted by Gasteiger charge is -2.16. The summed E-state index contributed by atoms with van der Waals surface area (Å²) in [7, 11) is 3.21. The highest BCUT2D eigenvalue weighted by molar-refractivity contribution is 4.56. The Balaban J connectivity index is 3.27. The molecule has 0 spiro atoms. The maximum absolute atomic E-state index is 9.48. The van der Waals surface area contributed by atoms with Crippen LogP contribution in [0.4, 0.5) is 0 Å². The quantitative estimate of drug-likeness (QED) is 0.375. The molecule has 16 heavy (non-hydrogen) atoms. The summed E-state index contributed by atoms with van der Waals surface area (Å²) in [4.78, 5) is 4.98. The third-order valence-corrected chi connectivity index (χ3v) is 1.79. The highest BCUT2D eigenvalue weighted by atomic mass is 16.7. The van der Waals surface area contributed by atoms with Gasteiger partial charge >= 0.3 is 0 Å². The molecule has 0 aromatic heterocycles. The minimum atomic E-state index is -0.596. The van der Waals surface area contributed by atoms with E-state index in [4.69, 9.17) is 19.0 Å². The van der Waals surface area contributed by atoms with Crippen LogP contribution in [0.5, 0.6) is 0 Å². The number of hydroxylamine groups is 1. The number of ether oxygens (including phenoxy) is 3. The first-order valence-corrected chi connectivity index (χ1v) is 5.32. The normalized spacial score (nSPS) is 15.0. The molecule has 2 unspecified atom stereocenters. The zero-order valence-electron chi connectivity index (χ0n) is 10.3. The molecule has 0 amide bonds. The lowest BCUT2D eigenvalue weighted by Crippen LogP contribution is -2.33. The predicted molar refractivity (Wildman–Crippen MR) is 59.1 cm³/mol. The molecule has 0 rings (SSSR count). The molecule has 0 aromatic rings. The van der Waals surface area contributed by atoms with Crippen molar-refractivity contribution in [2.24, 2.45) is 0 Å². The zero-order valence-corrected chi connectivity index (χ0v) is 10.3. The fourth-order valence-electron chi connectivity index (χ4n) is 0.969. The van der Waals surface area contributed by atoms with E-state index in [1.165, 1.54) is 0 Å². The predicted octanol–water partition coefficient (Wildman–Crippen LogP) is -0.434. The second kappa shape index (κ2) is 11.3. The monoisotopic (exact) mass is 237 g/mol. The van der Waals surface area contributed by atoms with Crippen molar-refractivity contribution in [3.8, 4) is 0 Å². The highest BCUT2D eigenvalue weighted by Gasteiger charge is 2.07. The molecule has 0 heterocycles. The summed E-state index contributed by atoms with van der Waals surface area (Å²) in [5.74, 6) is 0. The first-order chi connectivity index (χ1) is 7.70. The number of nitrogens with one attached hydrogen (secondary N) is 1. The van der Waals surface area contributed by atoms with Crippen molar-refractivity contribution in [1.29, 1.82) is 0 Å². The van der Waals surface area contributed by atoms with E-state index in [1.807, 2.05) is 6.92 Å². The van der Waals surface area contributed by atoms with Crippen LogP contribution in [0.25, 0.3) is 0 Å². The summed E-state index contributed by atoms with van der Waals surface area (Å²) in [6.45, 7) is 3.95. The van der Waals surface area contributed by atoms with Crippen LogP contribution in [0, 0.1) is 0 Å². The molecule has 0 aliphatic rings. The van der Waals surface area contributed by atoms with Gasteiger partial charge in [-0.2, -0.15) is 5.48 Å². The van der Waals surface area contributed by atoms with Gasteiger partial charge in [-0.1, -0.05) is 0 Å². The van der Waals surface area contributed by atoms with Gasteiger partial charge in [0.2, 0.25) is 0 Å². The molecule has 0 bridgehead atoms. The van der Waals surface area contributed by atoms with Crippen molar-refractivity contribution in [2.75, 3.05) is 47.2 Å². The maximum Gasteiger partial charge on any atom is 0.0921 e. The molecule has 0 aromatic carbocycles. The average molecular weight is 237 g/mol. The van der Waals surface area contributed by atoms with E-state index >= 15 is 0 Å². The first kappa shape index (κ1) is 15.8. The van der Waals surface area contributed by atoms with Gasteiger partial charge in [-0.05, 0) is 6.92 Å². The number of rotatable bonds is 11. The maximum atomic E-state index is 9.48. The van der Waals surface area contributed by atoms with Gasteiger partial charge in [-0.15, -0.1) is 0 Å². The molecule has 0 radical (unpaired) electrons. The fraction of sp³-hybridized carbons (Fsp3) is 1.00. The largest absolute Gasteiger partial charge is 0.389 e. The van der Waals surface area contributed by atoms with Crippen LogP contribution < -0.4 is 5.48 Å². The Morgan fingerprint density at radius 1 is 1.12 bits per heavy atom. The standard InChI is InChI=1S/C10H23NO5/c1-9(7-14-3)15-8-10(12)6-11-16-5-4-13-2/h9-12H,4-8H2,1-3H3. The van der Waals surface area contributed by atoms with E-state index in [2.05, 4.69) is 5.48 Å². The number of hydrogen-bond donors (Lipinski definition) is 2. The van der Waals surface area contributed by atoms with Gasteiger partial charge in [0.25, 0.3) is 0 Å². The van der Waals surface area contributed by atoms with E-state index in [1.54, 1.807) is 14.2 Å². The Bertz CT molecular complexity index is 147. The van der Waals surface area contributed by atoms with E-state index in [0.29, 0.717) is 26.4 Å². The minimum Gasteiger partial charge on any atom is -0.389 e. The van der Waals surface area contributed by atoms with E-state index in [9.17, 15) is 5.11 Å². The smallest absolute Gasteiger partial charge is 0.0921 e. The molecule has 2 atom stereocenters. The first-order valence-electron chi connectivity index (χ1n) is 5.32. The minimum absolute atomic E-state index is 0.0194. The summed E-state index contributed by atoms with van der Waals surface area (Å²) in [6, 6.07) is 0. The molecule has 0 aliphatic heterocycles. The summed E-state index contributed by atoms with van der Waals surface area (Å²) in [5.41, 5.74) is 2.63. The Hall–Kier alpha value is -0.240. The van der Waals surface area contributed by atoms with Crippen molar-refractivity contribution in [2.45, 2.75) is 19.1 Å². The van der Waals surface area contributed by atoms with Gasteiger partial charge in [0, 0.05) is 20.8 Å². The SMILES string of the molecule is COCCONCC(O)COC(C)COC. The van der Waals surface area contributed by atoms with Crippen LogP contribution in [0.2, 0.25) is 0 Å². The van der Waals surface area contributed by atoms with Gasteiger partial charge in [0.1, 0.15) is 0 Å². The van der Waals surface area contributed by atoms with Gasteiger partial charge in [-0.3, -0.25) is 4.84 Å². The van der Waals surface area contributed by atoms with E-state index in [0.717, 1.165) is 0 Å². The number of aliphatic hydroxyl groups is 1. The Morgan fingerprint density at radius 3 is 2.50 bits per heavy atom. The van der Waals surface area contributed by atoms with Crippen molar-refractivity contribution in [3.05, 3.63) is 0 Å². The van der Waals surface area contributed by atoms with Gasteiger partial charge in [0.05, 0.1) is 38.6 Å². The lowest BCUT2D eigenvalue weighted by atomic mass is 10.4. The third kappa shape index (κ3) is 10.3. The van der Waals surface area contributed by atoms with Gasteiger partial charge in [-0.25, -0.2) is 0 Å². The summed E-state index contributed by atoms with van der Waals surface area (Å²) in [5, 5.41) is 9.48. The number of hydrogen-bond acceptors (Lipinski definition) is 6. The topological polar surface area (TPSA) is 69.2 Å². The van der Waals surface area contributed by atoms with Crippen LogP contribution in [-0.2, 0) is 19.0 Å². The summed E-state index contributed by atoms with van der Waals surface area (Å²) in [6.07, 6.45) is -0.615. The molecule has 0 saturated carbocycles. The van der Waals surface area contributed by atoms with Crippen molar-refractivity contribution in [1.82, 2.24) is 5.48 Å². The Labute approximate surface area is 96.8 Å². The van der Waals surface area contributed by atoms with Crippen LogP contribution >= 0.6 is 0 Å². The van der Waals surface area contributed by atoms with E-state index < -0.39 is 6.10 Å². The van der Waals surface area contributed by atoms with Gasteiger partial charge < -0.3 is 19.3 Å². The summed E-state index contributed by atoms with van der Waals surface area (Å²) < 4.78 is 15.0. The molecule has 6 nitrogen and oxygen atoms in total. The second-order valence-electron chi connectivity index (χ2n) is 3.44. The molecule has 2 N–H and O–H groups in total. The molecular weight excluding hydrogens is 214 g/mol. The van der Waals surface area contributed by atoms with Gasteiger partial charge in [0.15, 0.2) is 0 Å². The summed E-state index contributed by atoms with van der Waals surface area (Å²) >= 11 is 0. The second-order valence-corrected chi connectivity index (χ2v) is 3.44. The zero-order chi connectivity index (χ0) is 12.2. The van der Waals surface area contributed by atoms with Crippen LogP contribution in [0.1, 0.15) is 6.92 Å². The Kier molecular flexibility index (Phi) is 11.1. The molecule has 0 aliphatic carbocycles. The molecule has 0 saturated heterocycles. The van der Waals surface area contributed by atoms with Crippen molar-refractivity contribution >= 4 is 0 Å². The van der Waals surface area contributed by atoms with Crippen LogP contribution in [0.15, 0.2) is 0 Å². The number of methoxy groups -OCH3 is 2. The highest BCUT2D eigenvalue weighted by Crippen LogP contribution is 1.93. The van der Waals surface area contributed by atoms with Crippen molar-refractivity contribution in [3.63, 3.8) is 0 Å². The molecule has 98 valence electrons. The molecule has 0 fully saturated rings. The molecular formula is C10H23NO5. The molecule has 6 heteroatoms. The Morgan fingerprint density at radius 2 is 1.88 bits per heavy atom. The fourth-order valence-corrected chi connectivity index (χ4v) is 0.969. The van der Waals surface area contributed by atoms with Crippen LogP contribution in [0.3, 0.4) is 0 Å². The average Bonchev–Trinajstić information content (AvgIpc) is 2.26. The number of aliphatic hydroxyl groups excluding tert-OH is 1. The van der Waals surface area contributed by atoms with E-state index in [-0.39, 0.29) is 12.7 Å². The van der Waals surface area contributed by atoms with Crippen molar-refractivity contribution < 1.29 is 24.2 Å².